The number of benzene rings is 1. The van der Waals surface area contributed by atoms with Crippen LogP contribution in [0.15, 0.2) is 18.2 Å². The maximum Gasteiger partial charge on any atom is 0.420 e. The van der Waals surface area contributed by atoms with E-state index < -0.39 is 35.7 Å². The zero-order chi connectivity index (χ0) is 15.6. The molecule has 0 fully saturated rings. The Morgan fingerprint density at radius 1 is 1.40 bits per heavy atom. The van der Waals surface area contributed by atoms with Crippen molar-refractivity contribution in [2.45, 2.75) is 25.6 Å². The Bertz CT molecular complexity index is 501. The zero-order valence-corrected chi connectivity index (χ0v) is 10.9. The van der Waals surface area contributed by atoms with E-state index in [0.29, 0.717) is 6.07 Å². The van der Waals surface area contributed by atoms with E-state index >= 15 is 0 Å². The van der Waals surface area contributed by atoms with Gasteiger partial charge in [-0.1, -0.05) is 0 Å². The fraction of sp³-hybridized carbons (Fsp3) is 0.417. The number of ether oxygens (including phenoxy) is 1. The van der Waals surface area contributed by atoms with Crippen LogP contribution in [-0.4, -0.2) is 23.3 Å². The third-order valence-corrected chi connectivity index (χ3v) is 2.32. The Morgan fingerprint density at radius 3 is 2.45 bits per heavy atom. The number of anilines is 1. The first-order valence-electron chi connectivity index (χ1n) is 5.63. The third-order valence-electron chi connectivity index (χ3n) is 2.32. The molecule has 0 radical (unpaired) electrons. The van der Waals surface area contributed by atoms with Crippen LogP contribution in [0, 0.1) is 0 Å². The Hall–Kier alpha value is -1.96. The molecule has 0 unspecified atom stereocenters. The van der Waals surface area contributed by atoms with Crippen molar-refractivity contribution in [3.05, 3.63) is 23.8 Å². The number of hydrogen-bond acceptors (Lipinski definition) is 3. The SMILES string of the molecule is CC(C)(CO)Oc1ccc(NC(N)=O)cc1C(F)(F)F. The summed E-state index contributed by atoms with van der Waals surface area (Å²) >= 11 is 0. The number of nitrogens with one attached hydrogen (secondary N) is 1. The second-order valence-electron chi connectivity index (χ2n) is 4.72. The number of nitrogens with two attached hydrogens (primary N) is 1. The average molecular weight is 292 g/mol. The van der Waals surface area contributed by atoms with Gasteiger partial charge in [0.25, 0.3) is 0 Å². The molecule has 1 aromatic carbocycles. The Morgan fingerprint density at radius 2 is 2.00 bits per heavy atom. The van der Waals surface area contributed by atoms with Gasteiger partial charge >= 0.3 is 12.2 Å². The van der Waals surface area contributed by atoms with Crippen LogP contribution in [0.3, 0.4) is 0 Å². The molecular weight excluding hydrogens is 277 g/mol. The maximum absolute atomic E-state index is 13.0. The summed E-state index contributed by atoms with van der Waals surface area (Å²) in [4.78, 5) is 10.7. The molecule has 0 saturated heterocycles. The van der Waals surface area contributed by atoms with Crippen LogP contribution in [0.25, 0.3) is 0 Å². The van der Waals surface area contributed by atoms with Crippen molar-refractivity contribution in [3.63, 3.8) is 0 Å². The molecule has 5 nitrogen and oxygen atoms in total. The van der Waals surface area contributed by atoms with Crippen molar-refractivity contribution in [1.82, 2.24) is 0 Å². The molecule has 0 aliphatic heterocycles. The van der Waals surface area contributed by atoms with Crippen LogP contribution in [0.5, 0.6) is 5.75 Å². The molecule has 112 valence electrons. The molecule has 0 saturated carbocycles. The van der Waals surface area contributed by atoms with E-state index in [9.17, 15) is 18.0 Å². The highest BCUT2D eigenvalue weighted by atomic mass is 19.4. The van der Waals surface area contributed by atoms with E-state index in [1.165, 1.54) is 19.9 Å². The standard InChI is InChI=1S/C12H15F3N2O3/c1-11(2,6-18)20-9-4-3-7(17-10(16)19)5-8(9)12(13,14)15/h3-5,18H,6H2,1-2H3,(H3,16,17,19). The average Bonchev–Trinajstić information content (AvgIpc) is 2.29. The fourth-order valence-electron chi connectivity index (χ4n) is 1.39. The van der Waals surface area contributed by atoms with Gasteiger partial charge in [-0.2, -0.15) is 13.2 Å². The number of carbonyl (C=O) groups excluding carboxylic acids is 1. The van der Waals surface area contributed by atoms with Gasteiger partial charge in [-0.05, 0) is 32.0 Å². The summed E-state index contributed by atoms with van der Waals surface area (Å²) in [5.41, 5.74) is 2.52. The molecule has 0 bridgehead atoms. The Labute approximate surface area is 113 Å². The number of halogens is 3. The first-order chi connectivity index (χ1) is 9.05. The zero-order valence-electron chi connectivity index (χ0n) is 10.9. The van der Waals surface area contributed by atoms with Crippen molar-refractivity contribution < 1.29 is 27.8 Å². The minimum atomic E-state index is -4.67. The first kappa shape index (κ1) is 16.1. The summed E-state index contributed by atoms with van der Waals surface area (Å²) < 4.78 is 44.0. The molecule has 0 aliphatic rings. The molecule has 4 N–H and O–H groups in total. The minimum Gasteiger partial charge on any atom is -0.485 e. The lowest BCUT2D eigenvalue weighted by molar-refractivity contribution is -0.140. The van der Waals surface area contributed by atoms with Gasteiger partial charge in [0.1, 0.15) is 11.4 Å². The summed E-state index contributed by atoms with van der Waals surface area (Å²) in [5.74, 6) is -0.438. The number of carbonyl (C=O) groups is 1. The van der Waals surface area contributed by atoms with Gasteiger partial charge in [-0.25, -0.2) is 4.79 Å². The maximum atomic E-state index is 13.0. The number of alkyl halides is 3. The van der Waals surface area contributed by atoms with Gasteiger partial charge in [-0.15, -0.1) is 0 Å². The lowest BCUT2D eigenvalue weighted by Gasteiger charge is -2.26. The second-order valence-corrected chi connectivity index (χ2v) is 4.72. The van der Waals surface area contributed by atoms with Crippen LogP contribution >= 0.6 is 0 Å². The molecule has 8 heteroatoms. The first-order valence-corrected chi connectivity index (χ1v) is 5.63. The van der Waals surface area contributed by atoms with E-state index in [-0.39, 0.29) is 5.69 Å². The van der Waals surface area contributed by atoms with Crippen LogP contribution in [0.1, 0.15) is 19.4 Å². The van der Waals surface area contributed by atoms with Gasteiger partial charge < -0.3 is 20.9 Å². The number of rotatable bonds is 4. The van der Waals surface area contributed by atoms with Crippen molar-refractivity contribution in [2.75, 3.05) is 11.9 Å². The fourth-order valence-corrected chi connectivity index (χ4v) is 1.39. The molecule has 2 amide bonds. The number of aliphatic hydroxyl groups is 1. The van der Waals surface area contributed by atoms with Gasteiger partial charge in [0.15, 0.2) is 0 Å². The highest BCUT2D eigenvalue weighted by Crippen LogP contribution is 2.39. The topological polar surface area (TPSA) is 84.6 Å². The molecule has 1 aromatic rings. The largest absolute Gasteiger partial charge is 0.485 e. The van der Waals surface area contributed by atoms with Gasteiger partial charge in [-0.3, -0.25) is 0 Å². The van der Waals surface area contributed by atoms with Crippen molar-refractivity contribution in [3.8, 4) is 5.75 Å². The summed E-state index contributed by atoms with van der Waals surface area (Å²) in [6.45, 7) is 2.44. The van der Waals surface area contributed by atoms with Gasteiger partial charge in [0.2, 0.25) is 0 Å². The van der Waals surface area contributed by atoms with E-state index in [4.69, 9.17) is 15.6 Å². The monoisotopic (exact) mass is 292 g/mol. The van der Waals surface area contributed by atoms with Crippen LogP contribution < -0.4 is 15.8 Å². The lowest BCUT2D eigenvalue weighted by Crippen LogP contribution is -2.33. The quantitative estimate of drug-likeness (QED) is 0.796. The summed E-state index contributed by atoms with van der Waals surface area (Å²) in [7, 11) is 0. The second kappa shape index (κ2) is 5.58. The number of urea groups is 1. The molecule has 1 rings (SSSR count). The number of aliphatic hydroxyl groups excluding tert-OH is 1. The molecule has 0 aromatic heterocycles. The predicted molar refractivity (Wildman–Crippen MR) is 66.4 cm³/mol. The van der Waals surface area contributed by atoms with Gasteiger partial charge in [0.05, 0.1) is 12.2 Å². The molecular formula is C12H15F3N2O3. The minimum absolute atomic E-state index is 0.0982. The van der Waals surface area contributed by atoms with Crippen LogP contribution in [0.2, 0.25) is 0 Å². The predicted octanol–water partition coefficient (Wildman–Crippen LogP) is 2.35. The summed E-state index contributed by atoms with van der Waals surface area (Å²) in [6, 6.07) is 2.03. The number of primary amides is 1. The van der Waals surface area contributed by atoms with Crippen molar-refractivity contribution in [1.29, 1.82) is 0 Å². The van der Waals surface area contributed by atoms with Gasteiger partial charge in [0, 0.05) is 5.69 Å². The third kappa shape index (κ3) is 4.30. The highest BCUT2D eigenvalue weighted by molar-refractivity contribution is 5.88. The molecule has 0 heterocycles. The van der Waals surface area contributed by atoms with Crippen molar-refractivity contribution >= 4 is 11.7 Å². The highest BCUT2D eigenvalue weighted by Gasteiger charge is 2.36. The lowest BCUT2D eigenvalue weighted by atomic mass is 10.1. The number of amides is 2. The Kier molecular flexibility index (Phi) is 4.49. The van der Waals surface area contributed by atoms with E-state index in [2.05, 4.69) is 5.32 Å². The summed E-state index contributed by atoms with van der Waals surface area (Å²) in [5, 5.41) is 11.1. The van der Waals surface area contributed by atoms with E-state index in [1.54, 1.807) is 0 Å². The smallest absolute Gasteiger partial charge is 0.420 e. The molecule has 0 aliphatic carbocycles. The van der Waals surface area contributed by atoms with Crippen LogP contribution in [0.4, 0.5) is 23.7 Å². The number of hydrogen-bond donors (Lipinski definition) is 3. The van der Waals surface area contributed by atoms with Crippen LogP contribution in [-0.2, 0) is 6.18 Å². The normalized spacial score (nSPS) is 12.1. The van der Waals surface area contributed by atoms with E-state index in [0.717, 1.165) is 6.07 Å². The summed E-state index contributed by atoms with van der Waals surface area (Å²) in [6.07, 6.45) is -4.67. The molecule has 0 atom stereocenters. The molecule has 0 spiro atoms. The molecule has 20 heavy (non-hydrogen) atoms. The van der Waals surface area contributed by atoms with Crippen molar-refractivity contribution in [2.24, 2.45) is 5.73 Å². The van der Waals surface area contributed by atoms with E-state index in [1.807, 2.05) is 0 Å². The Balaban J connectivity index is 3.21.